The fourth-order valence-electron chi connectivity index (χ4n) is 4.26. The van der Waals surface area contributed by atoms with Crippen LogP contribution in [0.3, 0.4) is 0 Å². The summed E-state index contributed by atoms with van der Waals surface area (Å²) in [5.41, 5.74) is 3.33. The van der Waals surface area contributed by atoms with E-state index in [0.717, 1.165) is 33.3 Å². The standard InChI is InChI=1S/C31H30ClNO4/c1-3-37-31(35)22-10-13-27(14-11-22)33-30(25-5-4-6-26(32)18-25)20-28(34)15-8-21-7-9-24-19-29(36-2)16-12-23(24)17-21/h4-7,9-14,16-19,30,33H,3,8,15,20H2,1-2H3. The van der Waals surface area contributed by atoms with Crippen molar-refractivity contribution in [2.45, 2.75) is 32.2 Å². The molecule has 0 aliphatic carbocycles. The summed E-state index contributed by atoms with van der Waals surface area (Å²) in [6.07, 6.45) is 1.41. The van der Waals surface area contributed by atoms with E-state index < -0.39 is 0 Å². The molecule has 0 amide bonds. The quantitative estimate of drug-likeness (QED) is 0.210. The van der Waals surface area contributed by atoms with Crippen LogP contribution in [-0.2, 0) is 16.0 Å². The molecule has 0 aromatic heterocycles. The molecule has 4 rings (SSSR count). The molecule has 1 unspecified atom stereocenters. The largest absolute Gasteiger partial charge is 0.497 e. The Balaban J connectivity index is 1.44. The molecule has 1 N–H and O–H groups in total. The number of anilines is 1. The van der Waals surface area contributed by atoms with E-state index in [1.165, 1.54) is 0 Å². The highest BCUT2D eigenvalue weighted by molar-refractivity contribution is 6.30. The average Bonchev–Trinajstić information content (AvgIpc) is 2.91. The molecule has 0 aliphatic rings. The maximum absolute atomic E-state index is 13.1. The molecule has 0 heterocycles. The summed E-state index contributed by atoms with van der Waals surface area (Å²) >= 11 is 6.25. The van der Waals surface area contributed by atoms with Gasteiger partial charge >= 0.3 is 5.97 Å². The van der Waals surface area contributed by atoms with E-state index >= 15 is 0 Å². The van der Waals surface area contributed by atoms with Crippen molar-refractivity contribution < 1.29 is 19.1 Å². The predicted octanol–water partition coefficient (Wildman–Crippen LogP) is 7.42. The molecular weight excluding hydrogens is 486 g/mol. The number of ketones is 1. The van der Waals surface area contributed by atoms with Crippen molar-refractivity contribution in [2.75, 3.05) is 19.0 Å². The van der Waals surface area contributed by atoms with Gasteiger partial charge in [0.05, 0.1) is 25.3 Å². The lowest BCUT2D eigenvalue weighted by molar-refractivity contribution is -0.119. The number of nitrogens with one attached hydrogen (secondary N) is 1. The third kappa shape index (κ3) is 7.11. The van der Waals surface area contributed by atoms with Gasteiger partial charge in [-0.2, -0.15) is 0 Å². The van der Waals surface area contributed by atoms with Crippen LogP contribution in [0.5, 0.6) is 5.75 Å². The molecule has 6 heteroatoms. The molecule has 0 aliphatic heterocycles. The molecule has 0 bridgehead atoms. The monoisotopic (exact) mass is 515 g/mol. The Morgan fingerprint density at radius 3 is 2.41 bits per heavy atom. The number of ether oxygens (including phenoxy) is 2. The summed E-state index contributed by atoms with van der Waals surface area (Å²) in [7, 11) is 1.66. The van der Waals surface area contributed by atoms with Gasteiger partial charge in [-0.15, -0.1) is 0 Å². The number of aryl methyl sites for hydroxylation is 1. The summed E-state index contributed by atoms with van der Waals surface area (Å²) in [6.45, 7) is 2.10. The number of rotatable bonds is 11. The summed E-state index contributed by atoms with van der Waals surface area (Å²) in [5.74, 6) is 0.615. The van der Waals surface area contributed by atoms with Crippen LogP contribution in [0.2, 0.25) is 5.02 Å². The number of Topliss-reactive ketones (excluding diaryl/α,β-unsaturated/α-hetero) is 1. The first-order chi connectivity index (χ1) is 17.9. The molecule has 0 saturated carbocycles. The highest BCUT2D eigenvalue weighted by Crippen LogP contribution is 2.27. The second-order valence-electron chi connectivity index (χ2n) is 8.84. The molecule has 0 spiro atoms. The maximum atomic E-state index is 13.1. The molecule has 5 nitrogen and oxygen atoms in total. The number of methoxy groups -OCH3 is 1. The van der Waals surface area contributed by atoms with E-state index in [1.807, 2.05) is 54.6 Å². The van der Waals surface area contributed by atoms with Crippen molar-refractivity contribution in [1.82, 2.24) is 0 Å². The number of carbonyl (C=O) groups is 2. The third-order valence-corrected chi connectivity index (χ3v) is 6.46. The zero-order valence-electron chi connectivity index (χ0n) is 21.0. The third-order valence-electron chi connectivity index (χ3n) is 6.22. The number of halogens is 1. The van der Waals surface area contributed by atoms with Crippen LogP contribution in [0, 0.1) is 0 Å². The van der Waals surface area contributed by atoms with Crippen LogP contribution in [0.4, 0.5) is 5.69 Å². The van der Waals surface area contributed by atoms with Gasteiger partial charge in [-0.25, -0.2) is 4.79 Å². The Kier molecular flexibility index (Phi) is 8.81. The second-order valence-corrected chi connectivity index (χ2v) is 9.28. The van der Waals surface area contributed by atoms with Gasteiger partial charge in [0.25, 0.3) is 0 Å². The van der Waals surface area contributed by atoms with E-state index in [0.29, 0.717) is 36.5 Å². The van der Waals surface area contributed by atoms with Crippen molar-refractivity contribution in [3.8, 4) is 5.75 Å². The minimum absolute atomic E-state index is 0.149. The lowest BCUT2D eigenvalue weighted by atomic mass is 9.97. The SMILES string of the molecule is CCOC(=O)c1ccc(NC(CC(=O)CCc2ccc3cc(OC)ccc3c2)c2cccc(Cl)c2)cc1. The van der Waals surface area contributed by atoms with Gasteiger partial charge in [0.2, 0.25) is 0 Å². The number of esters is 1. The van der Waals surface area contributed by atoms with Crippen molar-refractivity contribution in [1.29, 1.82) is 0 Å². The van der Waals surface area contributed by atoms with E-state index in [-0.39, 0.29) is 17.8 Å². The molecule has 37 heavy (non-hydrogen) atoms. The predicted molar refractivity (Wildman–Crippen MR) is 149 cm³/mol. The number of hydrogen-bond acceptors (Lipinski definition) is 5. The first-order valence-electron chi connectivity index (χ1n) is 12.3. The molecule has 0 saturated heterocycles. The van der Waals surface area contributed by atoms with Gasteiger partial charge in [0.15, 0.2) is 0 Å². The second kappa shape index (κ2) is 12.4. The van der Waals surface area contributed by atoms with Crippen LogP contribution in [0.15, 0.2) is 84.9 Å². The number of carbonyl (C=O) groups excluding carboxylic acids is 2. The van der Waals surface area contributed by atoms with Gasteiger partial charge in [0, 0.05) is 23.6 Å². The van der Waals surface area contributed by atoms with Crippen LogP contribution in [0.1, 0.15) is 47.3 Å². The van der Waals surface area contributed by atoms with Crippen molar-refractivity contribution in [3.05, 3.63) is 107 Å². The number of hydrogen-bond donors (Lipinski definition) is 1. The van der Waals surface area contributed by atoms with Crippen LogP contribution < -0.4 is 10.1 Å². The fraction of sp³-hybridized carbons (Fsp3) is 0.226. The molecule has 0 radical (unpaired) electrons. The summed E-state index contributed by atoms with van der Waals surface area (Å²) in [4.78, 5) is 25.1. The molecule has 190 valence electrons. The minimum Gasteiger partial charge on any atom is -0.497 e. The zero-order valence-corrected chi connectivity index (χ0v) is 21.8. The zero-order chi connectivity index (χ0) is 26.2. The van der Waals surface area contributed by atoms with Gasteiger partial charge in [0.1, 0.15) is 11.5 Å². The Labute approximate surface area is 222 Å². The van der Waals surface area contributed by atoms with Crippen LogP contribution in [0.25, 0.3) is 10.8 Å². The van der Waals surface area contributed by atoms with E-state index in [2.05, 4.69) is 23.5 Å². The maximum Gasteiger partial charge on any atom is 0.338 e. The molecule has 4 aromatic carbocycles. The van der Waals surface area contributed by atoms with Crippen LogP contribution >= 0.6 is 11.6 Å². The first-order valence-corrected chi connectivity index (χ1v) is 12.7. The Bertz CT molecular complexity index is 1380. The van der Waals surface area contributed by atoms with Gasteiger partial charge < -0.3 is 14.8 Å². The van der Waals surface area contributed by atoms with Gasteiger partial charge in [-0.3, -0.25) is 4.79 Å². The summed E-state index contributed by atoms with van der Waals surface area (Å²) in [6, 6.07) is 26.6. The molecule has 0 fully saturated rings. The first kappa shape index (κ1) is 26.2. The highest BCUT2D eigenvalue weighted by Gasteiger charge is 2.17. The molecule has 1 atom stereocenters. The Hall–Kier alpha value is -3.83. The van der Waals surface area contributed by atoms with Crippen LogP contribution in [-0.4, -0.2) is 25.5 Å². The lowest BCUT2D eigenvalue weighted by Crippen LogP contribution is -2.16. The van der Waals surface area contributed by atoms with Crippen molar-refractivity contribution >= 4 is 39.8 Å². The number of benzene rings is 4. The molecule has 4 aromatic rings. The number of fused-ring (bicyclic) bond motifs is 1. The van der Waals surface area contributed by atoms with Gasteiger partial charge in [-0.1, -0.05) is 48.0 Å². The topological polar surface area (TPSA) is 64.6 Å². The van der Waals surface area contributed by atoms with E-state index in [9.17, 15) is 9.59 Å². The summed E-state index contributed by atoms with van der Waals surface area (Å²) in [5, 5.41) is 6.28. The highest BCUT2D eigenvalue weighted by atomic mass is 35.5. The molecular formula is C31H30ClNO4. The fourth-order valence-corrected chi connectivity index (χ4v) is 4.46. The van der Waals surface area contributed by atoms with Crippen molar-refractivity contribution in [2.24, 2.45) is 0 Å². The minimum atomic E-state index is -0.358. The lowest BCUT2D eigenvalue weighted by Gasteiger charge is -2.20. The van der Waals surface area contributed by atoms with E-state index in [4.69, 9.17) is 21.1 Å². The Morgan fingerprint density at radius 2 is 1.68 bits per heavy atom. The Morgan fingerprint density at radius 1 is 0.919 bits per heavy atom. The average molecular weight is 516 g/mol. The van der Waals surface area contributed by atoms with Crippen molar-refractivity contribution in [3.63, 3.8) is 0 Å². The smallest absolute Gasteiger partial charge is 0.338 e. The van der Waals surface area contributed by atoms with E-state index in [1.54, 1.807) is 26.2 Å². The summed E-state index contributed by atoms with van der Waals surface area (Å²) < 4.78 is 10.4. The van der Waals surface area contributed by atoms with Gasteiger partial charge in [-0.05, 0) is 83.8 Å². The normalized spacial score (nSPS) is 11.6.